The number of nitrogens with one attached hydrogen (secondary N) is 1. The van der Waals surface area contributed by atoms with Crippen LogP contribution in [-0.4, -0.2) is 28.1 Å². The second-order valence-corrected chi connectivity index (χ2v) is 4.66. The van der Waals surface area contributed by atoms with Gasteiger partial charge >= 0.3 is 0 Å². The fourth-order valence-corrected chi connectivity index (χ4v) is 2.40. The summed E-state index contributed by atoms with van der Waals surface area (Å²) < 4.78 is 0. The van der Waals surface area contributed by atoms with Crippen molar-refractivity contribution >= 4 is 11.7 Å². The van der Waals surface area contributed by atoms with Crippen molar-refractivity contribution in [3.8, 4) is 0 Å². The first-order valence-corrected chi connectivity index (χ1v) is 6.29. The van der Waals surface area contributed by atoms with Gasteiger partial charge < -0.3 is 9.88 Å². The quantitative estimate of drug-likeness (QED) is 0.656. The molecule has 0 radical (unpaired) electrons. The highest BCUT2D eigenvalue weighted by atomic mass is 16.2. The summed E-state index contributed by atoms with van der Waals surface area (Å²) in [6, 6.07) is 11.4. The lowest BCUT2D eigenvalue weighted by Crippen LogP contribution is -2.40. The number of rotatable bonds is 2. The molecule has 1 aliphatic rings. The van der Waals surface area contributed by atoms with Crippen LogP contribution in [0.15, 0.2) is 42.6 Å². The molecule has 1 aliphatic heterocycles. The maximum Gasteiger partial charge on any atom is 0.296 e. The maximum absolute atomic E-state index is 12.2. The highest BCUT2D eigenvalue weighted by Crippen LogP contribution is 2.19. The van der Waals surface area contributed by atoms with E-state index in [1.807, 2.05) is 18.2 Å². The standard InChI is InChI=1S/C15H14N2O2/c18-14(13-6-3-8-16-13)15(19)17-9-7-11-4-1-2-5-12(11)10-17/h1-6,8,16H,7,9-10H2. The van der Waals surface area contributed by atoms with E-state index in [9.17, 15) is 9.59 Å². The molecule has 2 heterocycles. The van der Waals surface area contributed by atoms with Crippen LogP contribution in [0.1, 0.15) is 21.6 Å². The number of Topliss-reactive ketones (excluding diaryl/α,β-unsaturated/α-hetero) is 1. The molecule has 0 bridgehead atoms. The minimum absolute atomic E-state index is 0.351. The van der Waals surface area contributed by atoms with Gasteiger partial charge in [0.05, 0.1) is 5.69 Å². The van der Waals surface area contributed by atoms with Gasteiger partial charge in [-0.25, -0.2) is 0 Å². The fourth-order valence-electron chi connectivity index (χ4n) is 2.40. The predicted molar refractivity (Wildman–Crippen MR) is 70.7 cm³/mol. The first-order valence-electron chi connectivity index (χ1n) is 6.29. The molecule has 0 saturated heterocycles. The highest BCUT2D eigenvalue weighted by molar-refractivity contribution is 6.42. The molecule has 0 unspecified atom stereocenters. The van der Waals surface area contributed by atoms with Gasteiger partial charge in [-0.1, -0.05) is 24.3 Å². The lowest BCUT2D eigenvalue weighted by molar-refractivity contribution is -0.127. The zero-order valence-corrected chi connectivity index (χ0v) is 10.4. The number of carbonyl (C=O) groups is 2. The van der Waals surface area contributed by atoms with E-state index in [4.69, 9.17) is 0 Å². The zero-order chi connectivity index (χ0) is 13.2. The SMILES string of the molecule is O=C(C(=O)N1CCc2ccccc2C1)c1ccc[nH]1. The van der Waals surface area contributed by atoms with E-state index in [0.29, 0.717) is 18.8 Å². The molecule has 1 N–H and O–H groups in total. The summed E-state index contributed by atoms with van der Waals surface area (Å²) in [5, 5.41) is 0. The van der Waals surface area contributed by atoms with Crippen LogP contribution in [-0.2, 0) is 17.8 Å². The highest BCUT2D eigenvalue weighted by Gasteiger charge is 2.26. The molecule has 0 fully saturated rings. The average Bonchev–Trinajstić information content (AvgIpc) is 2.99. The van der Waals surface area contributed by atoms with Crippen molar-refractivity contribution in [2.45, 2.75) is 13.0 Å². The molecular weight excluding hydrogens is 240 g/mol. The smallest absolute Gasteiger partial charge is 0.296 e. The third-order valence-corrected chi connectivity index (χ3v) is 3.45. The van der Waals surface area contributed by atoms with E-state index in [2.05, 4.69) is 11.1 Å². The molecule has 4 nitrogen and oxygen atoms in total. The fraction of sp³-hybridized carbons (Fsp3) is 0.200. The number of benzene rings is 1. The van der Waals surface area contributed by atoms with Gasteiger partial charge in [-0.15, -0.1) is 0 Å². The lowest BCUT2D eigenvalue weighted by atomic mass is 9.99. The minimum atomic E-state index is -0.468. The first kappa shape index (κ1) is 11.7. The van der Waals surface area contributed by atoms with E-state index in [0.717, 1.165) is 12.0 Å². The number of aromatic nitrogens is 1. The Morgan fingerprint density at radius 1 is 1.05 bits per heavy atom. The van der Waals surface area contributed by atoms with Crippen molar-refractivity contribution in [2.24, 2.45) is 0 Å². The summed E-state index contributed by atoms with van der Waals surface area (Å²) in [6.07, 6.45) is 2.45. The summed E-state index contributed by atoms with van der Waals surface area (Å²) in [7, 11) is 0. The second-order valence-electron chi connectivity index (χ2n) is 4.66. The van der Waals surface area contributed by atoms with Gasteiger partial charge in [-0.3, -0.25) is 9.59 Å². The number of amides is 1. The Hall–Kier alpha value is -2.36. The molecule has 4 heteroatoms. The number of fused-ring (bicyclic) bond motifs is 1. The summed E-state index contributed by atoms with van der Waals surface area (Å²) in [4.78, 5) is 28.6. The van der Waals surface area contributed by atoms with Crippen LogP contribution in [0, 0.1) is 0 Å². The van der Waals surface area contributed by atoms with Gasteiger partial charge in [0.2, 0.25) is 0 Å². The number of H-pyrrole nitrogens is 1. The number of hydrogen-bond donors (Lipinski definition) is 1. The Labute approximate surface area is 111 Å². The van der Waals surface area contributed by atoms with Crippen molar-refractivity contribution in [3.05, 3.63) is 59.4 Å². The molecule has 1 aromatic carbocycles. The normalized spacial score (nSPS) is 14.0. The molecule has 0 spiro atoms. The zero-order valence-electron chi connectivity index (χ0n) is 10.4. The summed E-state index contributed by atoms with van der Waals surface area (Å²) in [5.74, 6) is -0.902. The van der Waals surface area contributed by atoms with Crippen LogP contribution in [0.4, 0.5) is 0 Å². The molecular formula is C15H14N2O2. The first-order chi connectivity index (χ1) is 9.25. The van der Waals surface area contributed by atoms with Crippen molar-refractivity contribution in [1.82, 2.24) is 9.88 Å². The molecule has 0 saturated carbocycles. The predicted octanol–water partition coefficient (Wildman–Crippen LogP) is 1.78. The van der Waals surface area contributed by atoms with Gasteiger partial charge in [0, 0.05) is 19.3 Å². The van der Waals surface area contributed by atoms with Crippen LogP contribution in [0.3, 0.4) is 0 Å². The third kappa shape index (κ3) is 2.17. The summed E-state index contributed by atoms with van der Waals surface area (Å²) >= 11 is 0. The molecule has 2 aromatic rings. The molecule has 96 valence electrons. The number of nitrogens with zero attached hydrogens (tertiary/aromatic N) is 1. The molecule has 0 atom stereocenters. The second kappa shape index (κ2) is 4.72. The van der Waals surface area contributed by atoms with E-state index in [1.54, 1.807) is 23.2 Å². The number of hydrogen-bond acceptors (Lipinski definition) is 2. The van der Waals surface area contributed by atoms with E-state index < -0.39 is 11.7 Å². The molecule has 1 aromatic heterocycles. The Morgan fingerprint density at radius 3 is 2.58 bits per heavy atom. The number of ketones is 1. The van der Waals surface area contributed by atoms with Crippen molar-refractivity contribution in [1.29, 1.82) is 0 Å². The summed E-state index contributed by atoms with van der Waals surface area (Å²) in [5.41, 5.74) is 2.74. The Bertz CT molecular complexity index is 617. The van der Waals surface area contributed by atoms with Gasteiger partial charge in [0.1, 0.15) is 0 Å². The van der Waals surface area contributed by atoms with Crippen LogP contribution in [0.5, 0.6) is 0 Å². The topological polar surface area (TPSA) is 53.2 Å². The van der Waals surface area contributed by atoms with Crippen LogP contribution >= 0.6 is 0 Å². The Balaban J connectivity index is 1.78. The number of aromatic amines is 1. The summed E-state index contributed by atoms with van der Waals surface area (Å²) in [6.45, 7) is 1.11. The third-order valence-electron chi connectivity index (χ3n) is 3.45. The minimum Gasteiger partial charge on any atom is -0.358 e. The van der Waals surface area contributed by atoms with Crippen LogP contribution in [0.2, 0.25) is 0 Å². The van der Waals surface area contributed by atoms with Crippen LogP contribution in [0.25, 0.3) is 0 Å². The van der Waals surface area contributed by atoms with Crippen molar-refractivity contribution in [2.75, 3.05) is 6.54 Å². The van der Waals surface area contributed by atoms with E-state index >= 15 is 0 Å². The van der Waals surface area contributed by atoms with Gasteiger partial charge in [-0.05, 0) is 29.7 Å². The van der Waals surface area contributed by atoms with Gasteiger partial charge in [0.25, 0.3) is 11.7 Å². The molecule has 3 rings (SSSR count). The largest absolute Gasteiger partial charge is 0.358 e. The number of carbonyl (C=O) groups excluding carboxylic acids is 2. The molecule has 19 heavy (non-hydrogen) atoms. The van der Waals surface area contributed by atoms with Crippen LogP contribution < -0.4 is 0 Å². The average molecular weight is 254 g/mol. The maximum atomic E-state index is 12.2. The van der Waals surface area contributed by atoms with Gasteiger partial charge in [-0.2, -0.15) is 0 Å². The Kier molecular flexibility index (Phi) is 2.91. The van der Waals surface area contributed by atoms with Crippen molar-refractivity contribution < 1.29 is 9.59 Å². The molecule has 0 aliphatic carbocycles. The van der Waals surface area contributed by atoms with Gasteiger partial charge in [0.15, 0.2) is 0 Å². The van der Waals surface area contributed by atoms with Crippen molar-refractivity contribution in [3.63, 3.8) is 0 Å². The molecule has 1 amide bonds. The lowest BCUT2D eigenvalue weighted by Gasteiger charge is -2.28. The van der Waals surface area contributed by atoms with E-state index in [1.165, 1.54) is 5.56 Å². The monoisotopic (exact) mass is 254 g/mol. The Morgan fingerprint density at radius 2 is 1.84 bits per heavy atom. The van der Waals surface area contributed by atoms with E-state index in [-0.39, 0.29) is 0 Å².